The van der Waals surface area contributed by atoms with Crippen molar-refractivity contribution in [1.29, 1.82) is 0 Å². The molecule has 0 fully saturated rings. The predicted octanol–water partition coefficient (Wildman–Crippen LogP) is 1.22. The topological polar surface area (TPSA) is 17.1 Å². The summed E-state index contributed by atoms with van der Waals surface area (Å²) in [6, 6.07) is 0. The van der Waals surface area contributed by atoms with Gasteiger partial charge in [-0.3, -0.25) is 0 Å². The van der Waals surface area contributed by atoms with Gasteiger partial charge in [0.1, 0.15) is 6.29 Å². The molecule has 0 aliphatic rings. The van der Waals surface area contributed by atoms with E-state index >= 15 is 0 Å². The van der Waals surface area contributed by atoms with Gasteiger partial charge in [-0.05, 0) is 0 Å². The monoisotopic (exact) mass is 150 g/mol. The Morgan fingerprint density at radius 3 is 2.50 bits per heavy atom. The van der Waals surface area contributed by atoms with Crippen LogP contribution in [0.3, 0.4) is 0 Å². The van der Waals surface area contributed by atoms with Crippen molar-refractivity contribution in [3.05, 3.63) is 0 Å². The van der Waals surface area contributed by atoms with Crippen LogP contribution in [0.5, 0.6) is 0 Å². The summed E-state index contributed by atoms with van der Waals surface area (Å²) < 4.78 is 0. The predicted molar refractivity (Wildman–Crippen MR) is 29.0 cm³/mol. The van der Waals surface area contributed by atoms with E-state index in [0.29, 0.717) is 0 Å². The van der Waals surface area contributed by atoms with Crippen molar-refractivity contribution >= 4 is 22.2 Å². The molecule has 0 N–H and O–H groups in total. The van der Waals surface area contributed by atoms with Crippen molar-refractivity contribution in [3.8, 4) is 0 Å². The number of carbonyl (C=O) groups is 1. The van der Waals surface area contributed by atoms with Crippen LogP contribution in [0.4, 0.5) is 0 Å². The molecule has 0 saturated heterocycles. The Bertz CT molecular complexity index is 44.8. The molecule has 0 aromatic carbocycles. The van der Waals surface area contributed by atoms with Gasteiger partial charge < -0.3 is 4.79 Å². The molecule has 0 heterocycles. The highest BCUT2D eigenvalue weighted by Crippen LogP contribution is 1.92. The Hall–Kier alpha value is 0.150. The lowest BCUT2D eigenvalue weighted by Crippen LogP contribution is -1.93. The standard InChI is InChI=1S/C4H7BrO/c1-4(2-5)3-6/h3-4H,2H2,1H3. The van der Waals surface area contributed by atoms with E-state index < -0.39 is 0 Å². The number of aldehydes is 1. The molecule has 1 unspecified atom stereocenters. The van der Waals surface area contributed by atoms with Gasteiger partial charge in [-0.15, -0.1) is 0 Å². The maximum Gasteiger partial charge on any atom is 0.123 e. The van der Waals surface area contributed by atoms with Gasteiger partial charge >= 0.3 is 0 Å². The van der Waals surface area contributed by atoms with Crippen LogP contribution in [0.1, 0.15) is 6.92 Å². The second kappa shape index (κ2) is 3.34. The third kappa shape index (κ3) is 2.39. The second-order valence-corrected chi connectivity index (χ2v) is 1.92. The molecule has 0 aromatic rings. The van der Waals surface area contributed by atoms with Crippen LogP contribution in [-0.4, -0.2) is 11.6 Å². The number of hydrogen-bond donors (Lipinski definition) is 0. The van der Waals surface area contributed by atoms with Gasteiger partial charge in [-0.25, -0.2) is 0 Å². The minimum Gasteiger partial charge on any atom is -0.303 e. The van der Waals surface area contributed by atoms with Crippen molar-refractivity contribution in [2.75, 3.05) is 5.33 Å². The summed E-state index contributed by atoms with van der Waals surface area (Å²) in [5.74, 6) is 0.171. The average Bonchev–Trinajstić information content (AvgIpc) is 1.65. The molecular weight excluding hydrogens is 144 g/mol. The zero-order valence-electron chi connectivity index (χ0n) is 3.65. The van der Waals surface area contributed by atoms with Crippen LogP contribution < -0.4 is 0 Å². The van der Waals surface area contributed by atoms with Gasteiger partial charge in [0.25, 0.3) is 0 Å². The lowest BCUT2D eigenvalue weighted by Gasteiger charge is -1.87. The van der Waals surface area contributed by atoms with Gasteiger partial charge in [-0.1, -0.05) is 22.9 Å². The minimum atomic E-state index is 0.171. The van der Waals surface area contributed by atoms with Crippen molar-refractivity contribution in [2.24, 2.45) is 5.92 Å². The van der Waals surface area contributed by atoms with Crippen LogP contribution in [0.15, 0.2) is 0 Å². The normalized spacial score (nSPS) is 13.7. The zero-order chi connectivity index (χ0) is 4.99. The minimum absolute atomic E-state index is 0.171. The summed E-state index contributed by atoms with van der Waals surface area (Å²) in [5.41, 5.74) is 0. The summed E-state index contributed by atoms with van der Waals surface area (Å²) in [4.78, 5) is 9.71. The van der Waals surface area contributed by atoms with E-state index in [1.807, 2.05) is 6.92 Å². The first-order chi connectivity index (χ1) is 2.81. The summed E-state index contributed by atoms with van der Waals surface area (Å²) in [5, 5.41) is 0.774. The Morgan fingerprint density at radius 2 is 2.50 bits per heavy atom. The average molecular weight is 151 g/mol. The van der Waals surface area contributed by atoms with E-state index in [2.05, 4.69) is 15.9 Å². The quantitative estimate of drug-likeness (QED) is 0.428. The molecule has 0 spiro atoms. The highest BCUT2D eigenvalue weighted by Gasteiger charge is 1.90. The van der Waals surface area contributed by atoms with E-state index in [4.69, 9.17) is 0 Å². The number of halogens is 1. The Balaban J connectivity index is 2.96. The molecule has 0 saturated carbocycles. The molecule has 2 heteroatoms. The summed E-state index contributed by atoms with van der Waals surface area (Å²) in [6.45, 7) is 1.86. The van der Waals surface area contributed by atoms with Crippen LogP contribution in [0, 0.1) is 5.92 Å². The fraction of sp³-hybridized carbons (Fsp3) is 0.750. The zero-order valence-corrected chi connectivity index (χ0v) is 5.23. The van der Waals surface area contributed by atoms with Crippen LogP contribution in [0.2, 0.25) is 0 Å². The highest BCUT2D eigenvalue weighted by atomic mass is 79.9. The molecular formula is C4H7BrO. The molecule has 0 amide bonds. The van der Waals surface area contributed by atoms with Gasteiger partial charge in [-0.2, -0.15) is 0 Å². The van der Waals surface area contributed by atoms with Crippen molar-refractivity contribution in [1.82, 2.24) is 0 Å². The maximum atomic E-state index is 9.71. The summed E-state index contributed by atoms with van der Waals surface area (Å²) >= 11 is 3.14. The first kappa shape index (κ1) is 6.15. The third-order valence-corrected chi connectivity index (χ3v) is 1.50. The molecule has 1 atom stereocenters. The van der Waals surface area contributed by atoms with E-state index in [0.717, 1.165) is 11.6 Å². The van der Waals surface area contributed by atoms with Gasteiger partial charge in [0, 0.05) is 11.2 Å². The SMILES string of the molecule is CC(C=O)CBr. The van der Waals surface area contributed by atoms with Crippen LogP contribution in [-0.2, 0) is 4.79 Å². The van der Waals surface area contributed by atoms with Crippen molar-refractivity contribution < 1.29 is 4.79 Å². The molecule has 1 nitrogen and oxygen atoms in total. The fourth-order valence-corrected chi connectivity index (χ4v) is 0.189. The van der Waals surface area contributed by atoms with E-state index in [1.165, 1.54) is 0 Å². The Morgan fingerprint density at radius 1 is 2.00 bits per heavy atom. The van der Waals surface area contributed by atoms with Crippen LogP contribution in [0.25, 0.3) is 0 Å². The molecule has 0 rings (SSSR count). The van der Waals surface area contributed by atoms with Gasteiger partial charge in [0.05, 0.1) is 0 Å². The summed E-state index contributed by atoms with van der Waals surface area (Å²) in [7, 11) is 0. The third-order valence-electron chi connectivity index (χ3n) is 0.476. The smallest absolute Gasteiger partial charge is 0.123 e. The van der Waals surface area contributed by atoms with Crippen molar-refractivity contribution in [3.63, 3.8) is 0 Å². The van der Waals surface area contributed by atoms with E-state index in [-0.39, 0.29) is 5.92 Å². The maximum absolute atomic E-state index is 9.71. The van der Waals surface area contributed by atoms with Crippen LogP contribution >= 0.6 is 15.9 Å². The van der Waals surface area contributed by atoms with E-state index in [9.17, 15) is 4.79 Å². The lowest BCUT2D eigenvalue weighted by molar-refractivity contribution is -0.110. The molecule has 0 aliphatic carbocycles. The lowest BCUT2D eigenvalue weighted by atomic mass is 10.3. The molecule has 6 heavy (non-hydrogen) atoms. The number of rotatable bonds is 2. The number of carbonyl (C=O) groups excluding carboxylic acids is 1. The van der Waals surface area contributed by atoms with Gasteiger partial charge in [0.15, 0.2) is 0 Å². The Labute approximate surface area is 45.9 Å². The largest absolute Gasteiger partial charge is 0.303 e. The Kier molecular flexibility index (Phi) is 3.43. The molecule has 0 radical (unpaired) electrons. The molecule has 0 aliphatic heterocycles. The molecule has 0 aromatic heterocycles. The second-order valence-electron chi connectivity index (χ2n) is 1.27. The number of alkyl halides is 1. The first-order valence-electron chi connectivity index (χ1n) is 1.82. The van der Waals surface area contributed by atoms with E-state index in [1.54, 1.807) is 0 Å². The van der Waals surface area contributed by atoms with Gasteiger partial charge in [0.2, 0.25) is 0 Å². The molecule has 36 valence electrons. The van der Waals surface area contributed by atoms with Crippen molar-refractivity contribution in [2.45, 2.75) is 6.92 Å². The first-order valence-corrected chi connectivity index (χ1v) is 2.94. The molecule has 0 bridgehead atoms. The summed E-state index contributed by atoms with van der Waals surface area (Å²) in [6.07, 6.45) is 0.925. The highest BCUT2D eigenvalue weighted by molar-refractivity contribution is 9.09. The fourth-order valence-electron chi connectivity index (χ4n) is 0.0364. The number of hydrogen-bond acceptors (Lipinski definition) is 1.